The fourth-order valence-electron chi connectivity index (χ4n) is 2.28. The van der Waals surface area contributed by atoms with Crippen LogP contribution in [-0.2, 0) is 11.2 Å². The van der Waals surface area contributed by atoms with Crippen LogP contribution in [0, 0.1) is 0 Å². The predicted octanol–water partition coefficient (Wildman–Crippen LogP) is 1.99. The summed E-state index contributed by atoms with van der Waals surface area (Å²) in [6.45, 7) is 0.545. The zero-order chi connectivity index (χ0) is 15.4. The first-order valence-electron chi connectivity index (χ1n) is 7.11. The molecule has 2 amide bonds. The summed E-state index contributed by atoms with van der Waals surface area (Å²) in [5, 5.41) is 5.58. The van der Waals surface area contributed by atoms with Crippen LogP contribution >= 0.6 is 0 Å². The van der Waals surface area contributed by atoms with Crippen LogP contribution in [0.1, 0.15) is 15.9 Å². The van der Waals surface area contributed by atoms with E-state index in [9.17, 15) is 9.59 Å². The third-order valence-corrected chi connectivity index (χ3v) is 3.42. The molecule has 2 aromatic carbocycles. The number of anilines is 1. The minimum atomic E-state index is -0.187. The molecule has 112 valence electrons. The van der Waals surface area contributed by atoms with Gasteiger partial charge < -0.3 is 15.4 Å². The van der Waals surface area contributed by atoms with Gasteiger partial charge in [0.05, 0.1) is 5.69 Å². The van der Waals surface area contributed by atoms with Crippen LogP contribution in [0.25, 0.3) is 0 Å². The number of amides is 2. The van der Waals surface area contributed by atoms with E-state index in [2.05, 4.69) is 10.6 Å². The molecule has 22 heavy (non-hydrogen) atoms. The monoisotopic (exact) mass is 296 g/mol. The first kappa shape index (κ1) is 14.1. The van der Waals surface area contributed by atoms with Gasteiger partial charge in [-0.1, -0.05) is 30.3 Å². The first-order valence-corrected chi connectivity index (χ1v) is 7.11. The van der Waals surface area contributed by atoms with E-state index >= 15 is 0 Å². The molecular weight excluding hydrogens is 280 g/mol. The van der Waals surface area contributed by atoms with Crippen LogP contribution in [0.4, 0.5) is 5.69 Å². The number of hydrogen-bond donors (Lipinski definition) is 2. The Morgan fingerprint density at radius 1 is 1.18 bits per heavy atom. The maximum absolute atomic E-state index is 12.1. The molecule has 0 radical (unpaired) electrons. The van der Waals surface area contributed by atoms with Crippen molar-refractivity contribution in [3.8, 4) is 5.75 Å². The minimum Gasteiger partial charge on any atom is -0.482 e. The van der Waals surface area contributed by atoms with Gasteiger partial charge in [-0.15, -0.1) is 0 Å². The van der Waals surface area contributed by atoms with E-state index in [0.29, 0.717) is 23.5 Å². The number of hydrogen-bond acceptors (Lipinski definition) is 3. The van der Waals surface area contributed by atoms with Gasteiger partial charge in [0, 0.05) is 12.1 Å². The molecule has 2 N–H and O–H groups in total. The molecule has 0 aromatic heterocycles. The highest BCUT2D eigenvalue weighted by molar-refractivity contribution is 5.98. The maximum atomic E-state index is 12.1. The highest BCUT2D eigenvalue weighted by Gasteiger charge is 2.17. The van der Waals surface area contributed by atoms with Gasteiger partial charge in [-0.05, 0) is 30.2 Å². The Morgan fingerprint density at radius 2 is 2.00 bits per heavy atom. The van der Waals surface area contributed by atoms with Crippen molar-refractivity contribution < 1.29 is 14.3 Å². The summed E-state index contributed by atoms with van der Waals surface area (Å²) in [6.07, 6.45) is 0.782. The second kappa shape index (κ2) is 6.30. The molecule has 0 atom stereocenters. The van der Waals surface area contributed by atoms with Crippen molar-refractivity contribution in [2.45, 2.75) is 6.42 Å². The van der Waals surface area contributed by atoms with E-state index in [4.69, 9.17) is 4.74 Å². The third-order valence-electron chi connectivity index (χ3n) is 3.42. The summed E-state index contributed by atoms with van der Waals surface area (Å²) >= 11 is 0. The Morgan fingerprint density at radius 3 is 2.82 bits per heavy atom. The van der Waals surface area contributed by atoms with E-state index in [1.54, 1.807) is 18.2 Å². The van der Waals surface area contributed by atoms with Crippen LogP contribution in [0.2, 0.25) is 0 Å². The molecule has 0 aliphatic carbocycles. The summed E-state index contributed by atoms with van der Waals surface area (Å²) in [5.74, 6) is 0.183. The normalized spacial score (nSPS) is 12.8. The average Bonchev–Trinajstić information content (AvgIpc) is 2.55. The first-order chi connectivity index (χ1) is 10.7. The van der Waals surface area contributed by atoms with Crippen molar-refractivity contribution in [1.29, 1.82) is 0 Å². The summed E-state index contributed by atoms with van der Waals surface area (Å²) in [6, 6.07) is 15.0. The second-order valence-electron chi connectivity index (χ2n) is 5.04. The van der Waals surface area contributed by atoms with Crippen LogP contribution in [-0.4, -0.2) is 25.0 Å². The zero-order valence-electron chi connectivity index (χ0n) is 12.0. The number of rotatable bonds is 4. The van der Waals surface area contributed by atoms with Gasteiger partial charge in [-0.25, -0.2) is 0 Å². The van der Waals surface area contributed by atoms with Crippen molar-refractivity contribution in [1.82, 2.24) is 5.32 Å². The topological polar surface area (TPSA) is 67.4 Å². The largest absolute Gasteiger partial charge is 0.482 e. The fraction of sp³-hybridized carbons (Fsp3) is 0.176. The molecule has 0 saturated carbocycles. The maximum Gasteiger partial charge on any atom is 0.262 e. The van der Waals surface area contributed by atoms with E-state index in [0.717, 1.165) is 6.42 Å². The van der Waals surface area contributed by atoms with Gasteiger partial charge in [-0.3, -0.25) is 9.59 Å². The van der Waals surface area contributed by atoms with Gasteiger partial charge in [-0.2, -0.15) is 0 Å². The Kier molecular flexibility index (Phi) is 4.05. The summed E-state index contributed by atoms with van der Waals surface area (Å²) < 4.78 is 5.31. The number of carbonyl (C=O) groups is 2. The second-order valence-corrected chi connectivity index (χ2v) is 5.04. The van der Waals surface area contributed by atoms with Crippen LogP contribution in [0.3, 0.4) is 0 Å². The van der Waals surface area contributed by atoms with Gasteiger partial charge in [0.15, 0.2) is 6.61 Å². The van der Waals surface area contributed by atoms with Gasteiger partial charge in [0.25, 0.3) is 11.8 Å². The number of fused-ring (bicyclic) bond motifs is 1. The van der Waals surface area contributed by atoms with Crippen LogP contribution < -0.4 is 15.4 Å². The number of benzene rings is 2. The molecule has 5 heteroatoms. The molecule has 3 rings (SSSR count). The summed E-state index contributed by atoms with van der Waals surface area (Å²) in [4.78, 5) is 23.3. The summed E-state index contributed by atoms with van der Waals surface area (Å²) in [7, 11) is 0. The van der Waals surface area contributed by atoms with Crippen LogP contribution in [0.15, 0.2) is 48.5 Å². The highest BCUT2D eigenvalue weighted by Crippen LogP contribution is 2.28. The van der Waals surface area contributed by atoms with Crippen LogP contribution in [0.5, 0.6) is 5.75 Å². The Labute approximate surface area is 128 Å². The standard InChI is InChI=1S/C17H16N2O3/c20-16-11-22-15-10-13(6-7-14(15)19-16)17(21)18-9-8-12-4-2-1-3-5-12/h1-7,10H,8-9,11H2,(H,18,21)(H,19,20). The Hall–Kier alpha value is -2.82. The average molecular weight is 296 g/mol. The number of nitrogens with one attached hydrogen (secondary N) is 2. The van der Waals surface area contributed by atoms with E-state index < -0.39 is 0 Å². The lowest BCUT2D eigenvalue weighted by atomic mass is 10.1. The van der Waals surface area contributed by atoms with Gasteiger partial charge in [0.1, 0.15) is 5.75 Å². The SMILES string of the molecule is O=C1COc2cc(C(=O)NCCc3ccccc3)ccc2N1. The number of ether oxygens (including phenoxy) is 1. The van der Waals surface area contributed by atoms with E-state index in [1.807, 2.05) is 30.3 Å². The lowest BCUT2D eigenvalue weighted by molar-refractivity contribution is -0.118. The molecule has 1 heterocycles. The molecular formula is C17H16N2O3. The molecule has 5 nitrogen and oxygen atoms in total. The Balaban J connectivity index is 1.59. The van der Waals surface area contributed by atoms with Crippen molar-refractivity contribution in [2.24, 2.45) is 0 Å². The lowest BCUT2D eigenvalue weighted by Crippen LogP contribution is -2.27. The fourth-order valence-corrected chi connectivity index (χ4v) is 2.28. The van der Waals surface area contributed by atoms with Gasteiger partial charge in [0.2, 0.25) is 0 Å². The van der Waals surface area contributed by atoms with Crippen molar-refractivity contribution in [3.05, 3.63) is 59.7 Å². The predicted molar refractivity (Wildman–Crippen MR) is 83.0 cm³/mol. The molecule has 2 aromatic rings. The molecule has 1 aliphatic heterocycles. The Bertz CT molecular complexity index is 698. The zero-order valence-corrected chi connectivity index (χ0v) is 12.0. The highest BCUT2D eigenvalue weighted by atomic mass is 16.5. The quantitative estimate of drug-likeness (QED) is 0.906. The molecule has 0 fully saturated rings. The molecule has 0 unspecified atom stereocenters. The summed E-state index contributed by atoms with van der Waals surface area (Å²) in [5.41, 5.74) is 2.29. The van der Waals surface area contributed by atoms with Crippen molar-refractivity contribution >= 4 is 17.5 Å². The minimum absolute atomic E-state index is 0.0217. The molecule has 0 bridgehead atoms. The van der Waals surface area contributed by atoms with Gasteiger partial charge >= 0.3 is 0 Å². The smallest absolute Gasteiger partial charge is 0.262 e. The lowest BCUT2D eigenvalue weighted by Gasteiger charge is -2.18. The molecule has 0 saturated heterocycles. The number of carbonyl (C=O) groups excluding carboxylic acids is 2. The van der Waals surface area contributed by atoms with E-state index in [-0.39, 0.29) is 18.4 Å². The van der Waals surface area contributed by atoms with E-state index in [1.165, 1.54) is 5.56 Å². The third kappa shape index (κ3) is 3.25. The van der Waals surface area contributed by atoms with Crippen molar-refractivity contribution in [3.63, 3.8) is 0 Å². The van der Waals surface area contributed by atoms with Crippen molar-refractivity contribution in [2.75, 3.05) is 18.5 Å². The molecule has 1 aliphatic rings. The molecule has 0 spiro atoms.